The third kappa shape index (κ3) is 3.64. The highest BCUT2D eigenvalue weighted by Gasteiger charge is 2.62. The largest absolute Gasteiger partial charge is 0.393 e. The third-order valence-electron chi connectivity index (χ3n) is 10.6. The Bertz CT molecular complexity index is 612. The highest BCUT2D eigenvalue weighted by Crippen LogP contribution is 2.67. The van der Waals surface area contributed by atoms with Gasteiger partial charge in [-0.15, -0.1) is 0 Å². The zero-order valence-electron chi connectivity index (χ0n) is 19.8. The van der Waals surface area contributed by atoms with E-state index < -0.39 is 0 Å². The Morgan fingerprint density at radius 3 is 2.38 bits per heavy atom. The average Bonchev–Trinajstić information content (AvgIpc) is 3.00. The Morgan fingerprint density at radius 1 is 0.966 bits per heavy atom. The molecular weight excluding hydrogens is 356 g/mol. The first-order valence-corrected chi connectivity index (χ1v) is 12.9. The molecule has 0 saturated heterocycles. The van der Waals surface area contributed by atoms with Gasteiger partial charge in [-0.3, -0.25) is 4.79 Å². The van der Waals surface area contributed by atoms with Crippen molar-refractivity contribution in [2.75, 3.05) is 0 Å². The highest BCUT2D eigenvalue weighted by molar-refractivity contribution is 5.83. The van der Waals surface area contributed by atoms with Crippen LogP contribution in [0.2, 0.25) is 0 Å². The summed E-state index contributed by atoms with van der Waals surface area (Å²) in [5.74, 6) is 5.21. The van der Waals surface area contributed by atoms with Crippen molar-refractivity contribution in [3.8, 4) is 0 Å². The molecule has 29 heavy (non-hydrogen) atoms. The Balaban J connectivity index is 1.50. The van der Waals surface area contributed by atoms with Crippen molar-refractivity contribution in [3.63, 3.8) is 0 Å². The molecule has 4 fully saturated rings. The minimum atomic E-state index is -0.245. The smallest absolute Gasteiger partial charge is 0.136 e. The van der Waals surface area contributed by atoms with E-state index in [1.54, 1.807) is 0 Å². The molecule has 2 nitrogen and oxygen atoms in total. The molecule has 0 aromatic rings. The van der Waals surface area contributed by atoms with Crippen LogP contribution in [0.3, 0.4) is 0 Å². The van der Waals surface area contributed by atoms with E-state index in [1.165, 1.54) is 44.9 Å². The van der Waals surface area contributed by atoms with Crippen LogP contribution < -0.4 is 0 Å². The van der Waals surface area contributed by atoms with Gasteiger partial charge in [0.2, 0.25) is 0 Å². The van der Waals surface area contributed by atoms with Gasteiger partial charge >= 0.3 is 0 Å². The van der Waals surface area contributed by atoms with Crippen LogP contribution in [0.15, 0.2) is 0 Å². The molecule has 0 aromatic carbocycles. The summed E-state index contributed by atoms with van der Waals surface area (Å²) in [6.07, 6.45) is 12.8. The summed E-state index contributed by atoms with van der Waals surface area (Å²) < 4.78 is 0. The van der Waals surface area contributed by atoms with Gasteiger partial charge in [0, 0.05) is 12.3 Å². The second-order valence-corrected chi connectivity index (χ2v) is 12.6. The maximum Gasteiger partial charge on any atom is 0.136 e. The molecule has 4 aliphatic carbocycles. The Morgan fingerprint density at radius 2 is 1.66 bits per heavy atom. The monoisotopic (exact) mass is 402 g/mol. The van der Waals surface area contributed by atoms with Crippen LogP contribution in [0.1, 0.15) is 105 Å². The molecule has 9 atom stereocenters. The topological polar surface area (TPSA) is 37.3 Å². The lowest BCUT2D eigenvalue weighted by Gasteiger charge is -2.60. The summed E-state index contributed by atoms with van der Waals surface area (Å²) in [5.41, 5.74) is 0.609. The van der Waals surface area contributed by atoms with Crippen molar-refractivity contribution in [1.29, 1.82) is 0 Å². The standard InChI is InChI=1S/C27H46O2/c1-17(2)7-6-8-18(3)21-9-10-22-20-16-25(29)24-15-19(28)11-13-27(24,5)23(20)12-14-26(21,22)4/h17-24,28H,6-16H2,1-5H3/t18-,19+,20+,21-,22+,23+,24-,26-,27-/m1/s1. The van der Waals surface area contributed by atoms with Crippen LogP contribution in [0.5, 0.6) is 0 Å². The Labute approximate surface area is 179 Å². The van der Waals surface area contributed by atoms with E-state index in [4.69, 9.17) is 0 Å². The highest BCUT2D eigenvalue weighted by atomic mass is 16.3. The van der Waals surface area contributed by atoms with Gasteiger partial charge in [-0.25, -0.2) is 0 Å². The first-order valence-electron chi connectivity index (χ1n) is 12.9. The molecule has 4 aliphatic rings. The number of carbonyl (C=O) groups excluding carboxylic acids is 1. The molecule has 1 N–H and O–H groups in total. The molecule has 0 spiro atoms. The van der Waals surface area contributed by atoms with Crippen molar-refractivity contribution in [1.82, 2.24) is 0 Å². The molecule has 0 bridgehead atoms. The van der Waals surface area contributed by atoms with Gasteiger partial charge < -0.3 is 5.11 Å². The normalized spacial score (nSPS) is 48.2. The van der Waals surface area contributed by atoms with E-state index in [9.17, 15) is 9.90 Å². The van der Waals surface area contributed by atoms with E-state index in [0.29, 0.717) is 23.0 Å². The lowest BCUT2D eigenvalue weighted by Crippen LogP contribution is -2.57. The van der Waals surface area contributed by atoms with Gasteiger partial charge in [-0.2, -0.15) is 0 Å². The van der Waals surface area contributed by atoms with Crippen molar-refractivity contribution in [2.24, 2.45) is 52.3 Å². The maximum atomic E-state index is 13.2. The van der Waals surface area contributed by atoms with Crippen LogP contribution in [0.4, 0.5) is 0 Å². The van der Waals surface area contributed by atoms with Crippen LogP contribution in [-0.2, 0) is 4.79 Å². The van der Waals surface area contributed by atoms with E-state index in [2.05, 4.69) is 34.6 Å². The molecule has 4 saturated carbocycles. The number of rotatable bonds is 5. The molecule has 4 rings (SSSR count). The third-order valence-corrected chi connectivity index (χ3v) is 10.6. The van der Waals surface area contributed by atoms with E-state index in [-0.39, 0.29) is 17.4 Å². The van der Waals surface area contributed by atoms with Crippen LogP contribution in [0, 0.1) is 52.3 Å². The predicted octanol–water partition coefficient (Wildman–Crippen LogP) is 6.65. The SMILES string of the molecule is CC(C)CCC[C@@H](C)[C@H]1CC[C@H]2[C@@H]3CC(=O)[C@H]4C[C@@H](O)CC[C@]4(C)[C@H]3CC[C@]12C. The molecule has 166 valence electrons. The van der Waals surface area contributed by atoms with Crippen LogP contribution in [0.25, 0.3) is 0 Å². The second-order valence-electron chi connectivity index (χ2n) is 12.6. The fourth-order valence-corrected chi connectivity index (χ4v) is 9.04. The van der Waals surface area contributed by atoms with Crippen molar-refractivity contribution in [3.05, 3.63) is 0 Å². The number of Topliss-reactive ketones (excluding diaryl/α,β-unsaturated/α-hetero) is 1. The second kappa shape index (κ2) is 7.95. The number of hydrogen-bond donors (Lipinski definition) is 1. The lowest BCUT2D eigenvalue weighted by atomic mass is 9.44. The number of carbonyl (C=O) groups is 1. The van der Waals surface area contributed by atoms with Crippen molar-refractivity contribution in [2.45, 2.75) is 111 Å². The number of aliphatic hydroxyl groups is 1. The first kappa shape index (κ1) is 21.8. The molecule has 0 heterocycles. The average molecular weight is 403 g/mol. The molecular formula is C27H46O2. The summed E-state index contributed by atoms with van der Waals surface area (Å²) in [6.45, 7) is 12.2. The molecule has 0 unspecified atom stereocenters. The lowest BCUT2D eigenvalue weighted by molar-refractivity contribution is -0.160. The number of ketones is 1. The van der Waals surface area contributed by atoms with Gasteiger partial charge in [-0.05, 0) is 91.3 Å². The Kier molecular flexibility index (Phi) is 5.99. The maximum absolute atomic E-state index is 13.2. The van der Waals surface area contributed by atoms with Gasteiger partial charge in [0.1, 0.15) is 5.78 Å². The van der Waals surface area contributed by atoms with E-state index >= 15 is 0 Å². The molecule has 0 aromatic heterocycles. The number of fused-ring (bicyclic) bond motifs is 5. The minimum Gasteiger partial charge on any atom is -0.393 e. The van der Waals surface area contributed by atoms with Gasteiger partial charge in [0.25, 0.3) is 0 Å². The minimum absolute atomic E-state index is 0.129. The number of hydrogen-bond acceptors (Lipinski definition) is 2. The van der Waals surface area contributed by atoms with Crippen molar-refractivity contribution < 1.29 is 9.90 Å². The summed E-state index contributed by atoms with van der Waals surface area (Å²) in [4.78, 5) is 13.2. The van der Waals surface area contributed by atoms with Gasteiger partial charge in [-0.1, -0.05) is 53.9 Å². The quantitative estimate of drug-likeness (QED) is 0.559. The summed E-state index contributed by atoms with van der Waals surface area (Å²) in [7, 11) is 0. The molecule has 2 heteroatoms. The van der Waals surface area contributed by atoms with Gasteiger partial charge in [0.15, 0.2) is 0 Å². The summed E-state index contributed by atoms with van der Waals surface area (Å²) in [6, 6.07) is 0. The van der Waals surface area contributed by atoms with E-state index in [0.717, 1.165) is 49.4 Å². The molecule has 0 aliphatic heterocycles. The van der Waals surface area contributed by atoms with Crippen LogP contribution >= 0.6 is 0 Å². The zero-order chi connectivity index (χ0) is 21.0. The first-order chi connectivity index (χ1) is 13.7. The number of aliphatic hydroxyl groups excluding tert-OH is 1. The fraction of sp³-hybridized carbons (Fsp3) is 0.963. The predicted molar refractivity (Wildman–Crippen MR) is 119 cm³/mol. The fourth-order valence-electron chi connectivity index (χ4n) is 9.04. The molecule has 0 amide bonds. The zero-order valence-corrected chi connectivity index (χ0v) is 19.8. The Hall–Kier alpha value is -0.370. The summed E-state index contributed by atoms with van der Waals surface area (Å²) >= 11 is 0. The van der Waals surface area contributed by atoms with E-state index in [1.807, 2.05) is 0 Å². The van der Waals surface area contributed by atoms with Gasteiger partial charge in [0.05, 0.1) is 6.10 Å². The van der Waals surface area contributed by atoms with Crippen molar-refractivity contribution >= 4 is 5.78 Å². The molecule has 0 radical (unpaired) electrons. The van der Waals surface area contributed by atoms with Crippen LogP contribution in [-0.4, -0.2) is 17.0 Å². The summed E-state index contributed by atoms with van der Waals surface area (Å²) in [5, 5.41) is 10.2.